The molecule has 0 atom stereocenters. The number of hydroxylamine groups is 3. The number of hydrogen-bond acceptors (Lipinski definition) is 23. The minimum atomic E-state index is -1.01. The third kappa shape index (κ3) is 38.1. The molecule has 18 N–H and O–H groups in total. The maximum Gasteiger partial charge on any atom is 0.328 e. The van der Waals surface area contributed by atoms with Crippen LogP contribution in [0.3, 0.4) is 0 Å². The zero-order chi connectivity index (χ0) is 105. The molecule has 776 valence electrons. The Kier molecular flexibility index (Phi) is 52.2. The third-order valence-corrected chi connectivity index (χ3v) is 26.5. The number of imide groups is 1. The summed E-state index contributed by atoms with van der Waals surface area (Å²) in [5.74, 6) is -1.18. The number of fused-ring (bicyclic) bond motifs is 6. The van der Waals surface area contributed by atoms with Crippen LogP contribution >= 0.6 is 34.4 Å². The van der Waals surface area contributed by atoms with Gasteiger partial charge in [-0.25, -0.2) is 4.79 Å². The molecule has 0 saturated carbocycles. The highest BCUT2D eigenvalue weighted by atomic mass is 32.2. The number of anilines is 1. The number of amides is 3. The van der Waals surface area contributed by atoms with Crippen LogP contribution in [0.1, 0.15) is 218 Å². The van der Waals surface area contributed by atoms with Crippen molar-refractivity contribution in [2.75, 3.05) is 12.1 Å². The molecule has 1 fully saturated rings. The van der Waals surface area contributed by atoms with Crippen molar-refractivity contribution in [3.8, 4) is 28.5 Å². The summed E-state index contributed by atoms with van der Waals surface area (Å²) >= 11 is 5.29. The summed E-state index contributed by atoms with van der Waals surface area (Å²) in [4.78, 5) is 74.1. The number of para-hydroxylation sites is 2. The lowest BCUT2D eigenvalue weighted by molar-refractivity contribution is -0.241. The van der Waals surface area contributed by atoms with Crippen molar-refractivity contribution >= 4 is 95.0 Å². The van der Waals surface area contributed by atoms with Crippen molar-refractivity contribution in [1.29, 1.82) is 0 Å². The highest BCUT2D eigenvalue weighted by molar-refractivity contribution is 7.99. The second kappa shape index (κ2) is 63.2. The molecule has 15 aromatic rings. The number of thiazole rings is 2. The fourth-order valence-electron chi connectivity index (χ4n) is 15.3. The van der Waals surface area contributed by atoms with Crippen LogP contribution in [0.2, 0.25) is 0 Å². The number of rotatable bonds is 21. The molecule has 32 heteroatoms. The van der Waals surface area contributed by atoms with E-state index in [0.717, 1.165) is 69.2 Å². The van der Waals surface area contributed by atoms with Crippen LogP contribution in [0.25, 0.3) is 42.6 Å². The van der Waals surface area contributed by atoms with Gasteiger partial charge in [0.2, 0.25) is 27.1 Å². The van der Waals surface area contributed by atoms with Gasteiger partial charge in [0.05, 0.1) is 50.5 Å². The standard InChI is InChI=1S/C20H22N4S2.C18H34.C13H10S.C13H12.C9H7NO2.C9H19NO.C8H9NO2.2C7H8O2.C6H5N3O.C4H3N3O4.2H3N/c1-5-23-15-9-7-13(3)11-17(15)25-19(23)21-22-20-24(6-2)16-10-8-14(4)12-18(16)26-20;1-3-5-7-9-11-13-15-17-18-16-14-12-10-8-6-4-2;1-3-7-12-10(5-1)9-11-6-2-4-8-13(11)14-12;1-11-7-5-6-10-13(11)12-8-3-2-4-9-12;1-10-8(11)6-4-2-3-5-7(6)9(10)12;1-8(2)6-5-7-9(3,4)10(8)11;1-7(10)9(11)8-5-3-2-4-6-8;2*8-5-6-1-3-7(9)4-2-6;10-9-6-4-2-1-3-5(6)7-8-9;8-2-1(7-11)3(9)6-4(10)5-2;;/h7-12H,5-6H2,1-4H3;11,13,17-18H,3-10,12,14-16H2,1-2H3;1-8H,9H2;2-10H,1H3;2-5H,1H3;11H,5-7H2,1-4H3;2-6,11H,1H3;2*1-4,8-9H,5H2;1-4,10H;(H3,5,6,8,9,10);2*1H3/p+2/b21-19-,22-20+;13-11-,18-17-;;;;;;;;;;;. The predicted octanol–water partition coefficient (Wildman–Crippen LogP) is 26.1. The zero-order valence-electron chi connectivity index (χ0n) is 86.5. The summed E-state index contributed by atoms with van der Waals surface area (Å²) in [5.41, 5.74) is 13.6. The number of nitrogens with one attached hydrogen (secondary N) is 2. The number of aromatic nitrogens is 7. The number of aryl methyl sites for hydroxylation is 5. The lowest BCUT2D eigenvalue weighted by Gasteiger charge is -2.48. The van der Waals surface area contributed by atoms with Gasteiger partial charge in [-0.3, -0.25) is 39.3 Å². The van der Waals surface area contributed by atoms with Crippen LogP contribution in [0, 0.1) is 25.7 Å². The number of piperidine rings is 1. The molecule has 0 radical (unpaired) electrons. The second-order valence-corrected chi connectivity index (χ2v) is 38.4. The first-order valence-corrected chi connectivity index (χ1v) is 50.9. The number of quaternary nitrogens is 2. The number of benzene rings is 11. The van der Waals surface area contributed by atoms with E-state index < -0.39 is 28.7 Å². The molecule has 11 aromatic carbocycles. The Balaban J connectivity index is 0.000000249. The number of carbonyl (C=O) groups is 3. The number of aliphatic hydroxyl groups is 2. The fourth-order valence-corrected chi connectivity index (χ4v) is 18.6. The molecule has 0 spiro atoms. The van der Waals surface area contributed by atoms with Gasteiger partial charge in [0.25, 0.3) is 17.4 Å². The maximum atomic E-state index is 11.3. The van der Waals surface area contributed by atoms with E-state index in [1.165, 1.54) is 165 Å². The Bertz CT molecular complexity index is 6590. The first kappa shape index (κ1) is 121. The number of H-pyrrole nitrogens is 2. The zero-order valence-corrected chi connectivity index (χ0v) is 89.0. The fraction of sp³-hybridized carbons (Fsp3) is 0.307. The normalized spacial score (nSPS) is 12.8. The minimum Gasteiger partial charge on any atom is -0.508 e. The van der Waals surface area contributed by atoms with Gasteiger partial charge in [0.1, 0.15) is 22.5 Å². The van der Waals surface area contributed by atoms with Crippen LogP contribution in [0.15, 0.2) is 326 Å². The molecule has 0 unspecified atom stereocenters. The lowest BCUT2D eigenvalue weighted by atomic mass is 9.82. The van der Waals surface area contributed by atoms with E-state index in [1.807, 2.05) is 36.0 Å². The van der Waals surface area contributed by atoms with E-state index in [9.17, 15) is 34.1 Å². The lowest BCUT2D eigenvalue weighted by Crippen LogP contribution is -2.56. The van der Waals surface area contributed by atoms with Gasteiger partial charge < -0.3 is 57.4 Å². The van der Waals surface area contributed by atoms with Crippen molar-refractivity contribution in [1.82, 2.24) is 56.5 Å². The van der Waals surface area contributed by atoms with Gasteiger partial charge in [-0.1, -0.05) is 292 Å². The Hall–Kier alpha value is -14.2. The number of phenols is 2. The van der Waals surface area contributed by atoms with Crippen LogP contribution in [-0.2, 0) is 37.5 Å². The Morgan fingerprint density at radius 1 is 0.507 bits per heavy atom. The summed E-state index contributed by atoms with van der Waals surface area (Å²) in [6.45, 7) is 26.7. The summed E-state index contributed by atoms with van der Waals surface area (Å²) < 4.78 is 6.99. The van der Waals surface area contributed by atoms with E-state index in [1.54, 1.807) is 142 Å². The van der Waals surface area contributed by atoms with Crippen molar-refractivity contribution < 1.29 is 55.5 Å². The van der Waals surface area contributed by atoms with Gasteiger partial charge in [-0.15, -0.1) is 20.2 Å². The molecular weight excluding hydrogens is 1900 g/mol. The van der Waals surface area contributed by atoms with Crippen LogP contribution < -0.4 is 38.2 Å². The molecule has 0 aliphatic carbocycles. The topological polar surface area (TPSA) is 456 Å². The Morgan fingerprint density at radius 2 is 0.938 bits per heavy atom. The number of unbranched alkanes of at least 4 members (excludes halogenated alkanes) is 9. The summed E-state index contributed by atoms with van der Waals surface area (Å²) in [6.07, 6.45) is 29.9. The Morgan fingerprint density at radius 3 is 1.39 bits per heavy atom. The number of phenolic OH excluding ortho intramolecular Hbond substituents is 2. The van der Waals surface area contributed by atoms with Gasteiger partial charge in [-0.05, 0) is 278 Å². The van der Waals surface area contributed by atoms with Gasteiger partial charge >= 0.3 is 5.69 Å². The number of hydrogen-bond donors (Lipinski definition) is 12. The summed E-state index contributed by atoms with van der Waals surface area (Å²) in [6, 6.07) is 84.9. The molecular formula is C114H145N15O14S3+2. The molecule has 7 heterocycles. The summed E-state index contributed by atoms with van der Waals surface area (Å²) in [7, 11) is 1.49. The van der Waals surface area contributed by atoms with Crippen molar-refractivity contribution in [2.24, 2.45) is 15.4 Å². The highest BCUT2D eigenvalue weighted by Gasteiger charge is 2.40. The van der Waals surface area contributed by atoms with E-state index in [2.05, 4.69) is 269 Å². The van der Waals surface area contributed by atoms with E-state index in [4.69, 9.17) is 35.9 Å². The first-order valence-electron chi connectivity index (χ1n) is 48.4. The monoisotopic (exact) mass is 2040 g/mol. The molecule has 146 heavy (non-hydrogen) atoms. The number of aromatic amines is 2. The highest BCUT2D eigenvalue weighted by Crippen LogP contribution is 2.40. The van der Waals surface area contributed by atoms with Crippen LogP contribution in [0.4, 0.5) is 11.4 Å². The molecule has 3 aliphatic heterocycles. The molecule has 1 saturated heterocycles. The number of nitrogens with zero attached hydrogens (tertiary/aromatic N) is 11. The third-order valence-electron chi connectivity index (χ3n) is 23.2. The van der Waals surface area contributed by atoms with Gasteiger partial charge in [0, 0.05) is 47.9 Å². The van der Waals surface area contributed by atoms with E-state index >= 15 is 0 Å². The molecule has 4 aromatic heterocycles. The molecule has 3 amide bonds. The summed E-state index contributed by atoms with van der Waals surface area (Å²) in [5, 5.41) is 91.9. The van der Waals surface area contributed by atoms with Gasteiger partial charge in [-0.2, -0.15) is 10.1 Å². The number of nitroso groups, excluding NO2 is 1. The molecule has 29 nitrogen and oxygen atoms in total. The van der Waals surface area contributed by atoms with Crippen LogP contribution in [-0.4, -0.2) is 121 Å². The molecule has 3 aliphatic rings. The average molecular weight is 2050 g/mol. The largest absolute Gasteiger partial charge is 0.508 e. The minimum absolute atomic E-state index is 0. The van der Waals surface area contributed by atoms with E-state index in [-0.39, 0.29) is 59.9 Å². The Labute approximate surface area is 867 Å². The first-order chi connectivity index (χ1) is 69.3. The predicted molar refractivity (Wildman–Crippen MR) is 592 cm³/mol. The van der Waals surface area contributed by atoms with Crippen molar-refractivity contribution in [3.63, 3.8) is 0 Å². The second-order valence-electron chi connectivity index (χ2n) is 35.3. The SMILES string of the molecule is CC(=O)N(O)c1ccccc1.CC1(C)CCCC(C)(C)N1O.CCCCC/C=C\C/C=C\CCCCCCCC.CCn1/c(=N/N=c2/sc3cc(C)ccc3n2CC)sc2cc(C)ccc21.CN1C(=O)c2ccccc2C1=O.Cc1ccccc1-c1ccccc1.O=Nc1c(O)[nH]c(=O)[nH]c1=O.OCc1ccc(O)cc1.OCc1ccc(O)cc1.On1nnc2ccccc21.[NH4+].[NH4+].c1ccc2c(c1)Cc1ccccc1S2. The van der Waals surface area contributed by atoms with Crippen molar-refractivity contribution in [3.05, 3.63) is 377 Å². The van der Waals surface area contributed by atoms with Gasteiger partial charge in [0.15, 0.2) is 0 Å². The molecule has 18 rings (SSSR count). The number of carbonyl (C=O) groups excluding carboxylic acids is 3. The number of aromatic hydroxyl groups is 3. The van der Waals surface area contributed by atoms with Crippen LogP contribution in [0.5, 0.6) is 17.4 Å². The molecule has 0 bridgehead atoms. The maximum absolute atomic E-state index is 11.3. The number of aliphatic hydroxyl groups excluding tert-OH is 2. The number of allylic oxidation sites excluding steroid dienone is 4. The quantitative estimate of drug-likeness (QED) is 0.00604. The average Bonchev–Trinajstić information content (AvgIpc) is 1.68. The smallest absolute Gasteiger partial charge is 0.328 e. The van der Waals surface area contributed by atoms with Crippen molar-refractivity contribution in [2.45, 2.75) is 233 Å². The van der Waals surface area contributed by atoms with E-state index in [0.29, 0.717) is 32.9 Å².